The monoisotopic (exact) mass is 462 g/mol. The second kappa shape index (κ2) is 8.91. The molecule has 1 atom stereocenters. The highest BCUT2D eigenvalue weighted by atomic mass is 32.1. The number of rotatable bonds is 6. The van der Waals surface area contributed by atoms with Crippen molar-refractivity contribution in [3.8, 4) is 0 Å². The number of hydrogen-bond acceptors (Lipinski definition) is 4. The summed E-state index contributed by atoms with van der Waals surface area (Å²) in [6, 6.07) is 12.3. The number of carbonyl (C=O) groups is 2. The Balaban J connectivity index is 1.50. The molecule has 2 heterocycles. The van der Waals surface area contributed by atoms with Crippen molar-refractivity contribution in [1.82, 2.24) is 4.90 Å². The second-order valence-electron chi connectivity index (χ2n) is 7.77. The summed E-state index contributed by atoms with van der Waals surface area (Å²) in [5.41, 5.74) is -0.405. The van der Waals surface area contributed by atoms with E-state index in [1.807, 2.05) is 29.2 Å². The number of amides is 1. The van der Waals surface area contributed by atoms with Gasteiger partial charge in [-0.2, -0.15) is 13.2 Å². The molecule has 1 aromatic heterocycles. The third kappa shape index (κ3) is 4.63. The van der Waals surface area contributed by atoms with Crippen molar-refractivity contribution in [2.24, 2.45) is 0 Å². The van der Waals surface area contributed by atoms with Crippen molar-refractivity contribution in [2.75, 3.05) is 18.4 Å². The van der Waals surface area contributed by atoms with Crippen molar-refractivity contribution < 1.29 is 27.9 Å². The number of fused-ring (bicyclic) bond motifs is 1. The lowest BCUT2D eigenvalue weighted by atomic mass is 10.0. The number of nitrogens with one attached hydrogen (secondary N) is 1. The predicted molar refractivity (Wildman–Crippen MR) is 117 cm³/mol. The Morgan fingerprint density at radius 1 is 1.12 bits per heavy atom. The van der Waals surface area contributed by atoms with Gasteiger partial charge in [0.2, 0.25) is 5.91 Å². The molecule has 5 nitrogen and oxygen atoms in total. The molecule has 3 aromatic rings. The van der Waals surface area contributed by atoms with E-state index in [4.69, 9.17) is 0 Å². The summed E-state index contributed by atoms with van der Waals surface area (Å²) in [7, 11) is 0. The lowest BCUT2D eigenvalue weighted by Crippen LogP contribution is -2.38. The number of carbonyl (C=O) groups excluding carboxylic acids is 1. The van der Waals surface area contributed by atoms with E-state index in [0.717, 1.165) is 34.6 Å². The Morgan fingerprint density at radius 3 is 2.59 bits per heavy atom. The summed E-state index contributed by atoms with van der Waals surface area (Å²) < 4.78 is 40.5. The summed E-state index contributed by atoms with van der Waals surface area (Å²) in [5.74, 6) is -1.51. The van der Waals surface area contributed by atoms with Gasteiger partial charge in [-0.05, 0) is 55.0 Å². The molecule has 0 radical (unpaired) electrons. The Labute approximate surface area is 186 Å². The molecule has 0 aliphatic carbocycles. The molecule has 1 fully saturated rings. The number of likely N-dealkylation sites (tertiary alicyclic amines) is 1. The summed E-state index contributed by atoms with van der Waals surface area (Å²) in [6.07, 6.45) is -2.47. The standard InChI is InChI=1S/C23H21F3N2O3S/c24-23(25,26)17-8-2-3-9-18(17)27-20(29)13-28-11-5-6-14(28)12-16-15-7-1-4-10-19(15)32-21(16)22(30)31/h1-4,7-10,14H,5-6,11-13H2,(H,27,29)(H,30,31). The van der Waals surface area contributed by atoms with Crippen molar-refractivity contribution in [3.05, 3.63) is 64.5 Å². The molecule has 0 spiro atoms. The Hall–Kier alpha value is -2.91. The average molecular weight is 462 g/mol. The zero-order valence-electron chi connectivity index (χ0n) is 17.0. The third-order valence-corrected chi connectivity index (χ3v) is 6.89. The number of nitrogens with zero attached hydrogens (tertiary/aromatic N) is 1. The van der Waals surface area contributed by atoms with Crippen LogP contribution in [0.15, 0.2) is 48.5 Å². The minimum absolute atomic E-state index is 0.0542. The molecule has 1 aliphatic heterocycles. The van der Waals surface area contributed by atoms with Gasteiger partial charge >= 0.3 is 12.1 Å². The number of carboxylic acids is 1. The lowest BCUT2D eigenvalue weighted by Gasteiger charge is -2.24. The summed E-state index contributed by atoms with van der Waals surface area (Å²) in [6.45, 7) is 0.574. The highest BCUT2D eigenvalue weighted by molar-refractivity contribution is 7.21. The molecule has 1 amide bonds. The molecular weight excluding hydrogens is 441 g/mol. The van der Waals surface area contributed by atoms with Crippen LogP contribution in [0.4, 0.5) is 18.9 Å². The van der Waals surface area contributed by atoms with E-state index in [-0.39, 0.29) is 18.3 Å². The van der Waals surface area contributed by atoms with Crippen LogP contribution in [0.2, 0.25) is 0 Å². The largest absolute Gasteiger partial charge is 0.477 e. The van der Waals surface area contributed by atoms with Crippen LogP contribution >= 0.6 is 11.3 Å². The van der Waals surface area contributed by atoms with Gasteiger partial charge in [-0.1, -0.05) is 30.3 Å². The molecule has 168 valence electrons. The van der Waals surface area contributed by atoms with Crippen LogP contribution in [0.3, 0.4) is 0 Å². The maximum atomic E-state index is 13.2. The van der Waals surface area contributed by atoms with E-state index in [9.17, 15) is 27.9 Å². The normalized spacial score (nSPS) is 17.0. The van der Waals surface area contributed by atoms with E-state index in [1.165, 1.54) is 29.5 Å². The average Bonchev–Trinajstić information content (AvgIpc) is 3.32. The van der Waals surface area contributed by atoms with Gasteiger partial charge in [0, 0.05) is 10.7 Å². The molecule has 1 unspecified atom stereocenters. The molecular formula is C23H21F3N2O3S. The van der Waals surface area contributed by atoms with Crippen molar-refractivity contribution in [3.63, 3.8) is 0 Å². The fraction of sp³-hybridized carbons (Fsp3) is 0.304. The van der Waals surface area contributed by atoms with E-state index in [1.54, 1.807) is 0 Å². The molecule has 0 saturated carbocycles. The number of aromatic carboxylic acids is 1. The number of carboxylic acid groups (broad SMARTS) is 1. The SMILES string of the molecule is O=C(CN1CCCC1Cc1c(C(=O)O)sc2ccccc12)Nc1ccccc1C(F)(F)F. The Morgan fingerprint density at radius 2 is 1.84 bits per heavy atom. The summed E-state index contributed by atoms with van der Waals surface area (Å²) >= 11 is 1.23. The molecule has 1 aliphatic rings. The van der Waals surface area contributed by atoms with Crippen molar-refractivity contribution in [1.29, 1.82) is 0 Å². The van der Waals surface area contributed by atoms with Gasteiger partial charge in [0.15, 0.2) is 0 Å². The van der Waals surface area contributed by atoms with Crippen LogP contribution < -0.4 is 5.32 Å². The number of benzene rings is 2. The Kier molecular flexibility index (Phi) is 6.21. The first-order valence-corrected chi connectivity index (χ1v) is 11.0. The van der Waals surface area contributed by atoms with Crippen LogP contribution in [-0.4, -0.2) is 41.0 Å². The van der Waals surface area contributed by atoms with Crippen LogP contribution in [0.5, 0.6) is 0 Å². The summed E-state index contributed by atoms with van der Waals surface area (Å²) in [5, 5.41) is 12.9. The van der Waals surface area contributed by atoms with Crippen molar-refractivity contribution in [2.45, 2.75) is 31.5 Å². The number of halogens is 3. The zero-order valence-corrected chi connectivity index (χ0v) is 17.8. The highest BCUT2D eigenvalue weighted by Crippen LogP contribution is 2.36. The lowest BCUT2D eigenvalue weighted by molar-refractivity contribution is -0.137. The number of alkyl halides is 3. The number of hydrogen-bond donors (Lipinski definition) is 2. The fourth-order valence-electron chi connectivity index (χ4n) is 4.26. The van der Waals surface area contributed by atoms with Gasteiger partial charge in [-0.15, -0.1) is 11.3 Å². The molecule has 2 N–H and O–H groups in total. The maximum Gasteiger partial charge on any atom is 0.418 e. The van der Waals surface area contributed by atoms with E-state index in [2.05, 4.69) is 5.32 Å². The van der Waals surface area contributed by atoms with Gasteiger partial charge < -0.3 is 10.4 Å². The van der Waals surface area contributed by atoms with E-state index >= 15 is 0 Å². The maximum absolute atomic E-state index is 13.2. The predicted octanol–water partition coefficient (Wildman–Crippen LogP) is 5.26. The van der Waals surface area contributed by atoms with Gasteiger partial charge in [0.05, 0.1) is 17.8 Å². The number of thiophene rings is 1. The first kappa shape index (κ1) is 22.3. The number of anilines is 1. The minimum Gasteiger partial charge on any atom is -0.477 e. The third-order valence-electron chi connectivity index (χ3n) is 5.68. The van der Waals surface area contributed by atoms with Gasteiger partial charge in [-0.3, -0.25) is 9.69 Å². The Bertz CT molecular complexity index is 1160. The van der Waals surface area contributed by atoms with E-state index in [0.29, 0.717) is 17.8 Å². The minimum atomic E-state index is -4.56. The fourth-order valence-corrected chi connectivity index (χ4v) is 5.33. The molecule has 32 heavy (non-hydrogen) atoms. The molecule has 0 bridgehead atoms. The molecule has 9 heteroatoms. The van der Waals surface area contributed by atoms with Gasteiger partial charge in [-0.25, -0.2) is 4.79 Å². The summed E-state index contributed by atoms with van der Waals surface area (Å²) in [4.78, 5) is 26.6. The van der Waals surface area contributed by atoms with Crippen molar-refractivity contribution >= 4 is 39.0 Å². The first-order chi connectivity index (χ1) is 15.2. The van der Waals surface area contributed by atoms with Gasteiger partial charge in [0.25, 0.3) is 0 Å². The molecule has 1 saturated heterocycles. The second-order valence-corrected chi connectivity index (χ2v) is 8.83. The van der Waals surface area contributed by atoms with Gasteiger partial charge in [0.1, 0.15) is 4.88 Å². The van der Waals surface area contributed by atoms with Crippen LogP contribution in [0, 0.1) is 0 Å². The molecule has 4 rings (SSSR count). The number of para-hydroxylation sites is 1. The van der Waals surface area contributed by atoms with Crippen LogP contribution in [0.25, 0.3) is 10.1 Å². The topological polar surface area (TPSA) is 69.6 Å². The van der Waals surface area contributed by atoms with Crippen LogP contribution in [-0.2, 0) is 17.4 Å². The van der Waals surface area contributed by atoms with Crippen LogP contribution in [0.1, 0.15) is 33.6 Å². The quantitative estimate of drug-likeness (QED) is 0.524. The molecule has 2 aromatic carbocycles. The highest BCUT2D eigenvalue weighted by Gasteiger charge is 2.34. The zero-order chi connectivity index (χ0) is 22.9. The smallest absolute Gasteiger partial charge is 0.418 e. The first-order valence-electron chi connectivity index (χ1n) is 10.2. The van der Waals surface area contributed by atoms with E-state index < -0.39 is 23.6 Å².